The summed E-state index contributed by atoms with van der Waals surface area (Å²) in [6.45, 7) is 8.52. The molecule has 0 radical (unpaired) electrons. The number of carbonyl (C=O) groups excluding carboxylic acids is 3. The van der Waals surface area contributed by atoms with E-state index in [1.54, 1.807) is 30.9 Å². The van der Waals surface area contributed by atoms with Crippen molar-refractivity contribution in [3.05, 3.63) is 69.9 Å². The molecule has 8 nitrogen and oxygen atoms in total. The van der Waals surface area contributed by atoms with Crippen LogP contribution in [0.1, 0.15) is 44.7 Å². The van der Waals surface area contributed by atoms with Crippen molar-refractivity contribution in [3.63, 3.8) is 0 Å². The predicted molar refractivity (Wildman–Crippen MR) is 144 cm³/mol. The molecule has 3 heterocycles. The van der Waals surface area contributed by atoms with Crippen molar-refractivity contribution in [3.8, 4) is 0 Å². The van der Waals surface area contributed by atoms with Crippen LogP contribution in [0.25, 0.3) is 0 Å². The number of nitrogens with zero attached hydrogens (tertiary/aromatic N) is 3. The molecule has 0 bridgehead atoms. The van der Waals surface area contributed by atoms with Gasteiger partial charge in [0.15, 0.2) is 5.17 Å². The summed E-state index contributed by atoms with van der Waals surface area (Å²) in [6.07, 6.45) is 3.08. The van der Waals surface area contributed by atoms with Gasteiger partial charge in [-0.2, -0.15) is 0 Å². The number of aliphatic imine (C=N–C) groups is 1. The Morgan fingerprint density at radius 3 is 2.70 bits per heavy atom. The van der Waals surface area contributed by atoms with Crippen LogP contribution in [0, 0.1) is 5.92 Å². The fourth-order valence-electron chi connectivity index (χ4n) is 4.73. The lowest BCUT2D eigenvalue weighted by Crippen LogP contribution is -2.44. The van der Waals surface area contributed by atoms with Gasteiger partial charge in [-0.25, -0.2) is 9.79 Å². The zero-order valence-electron chi connectivity index (χ0n) is 20.9. The zero-order valence-corrected chi connectivity index (χ0v) is 22.5. The summed E-state index contributed by atoms with van der Waals surface area (Å²) >= 11 is 7.56. The number of benzene rings is 1. The molecule has 0 spiro atoms. The number of hydrogen-bond donors (Lipinski definition) is 0. The van der Waals surface area contributed by atoms with Crippen molar-refractivity contribution in [2.75, 3.05) is 26.3 Å². The number of halogens is 1. The molecule has 3 aliphatic rings. The van der Waals surface area contributed by atoms with Crippen LogP contribution in [0.3, 0.4) is 0 Å². The van der Waals surface area contributed by atoms with Crippen LogP contribution in [0.5, 0.6) is 0 Å². The molecule has 0 aliphatic carbocycles. The maximum Gasteiger partial charge on any atom is 0.338 e. The summed E-state index contributed by atoms with van der Waals surface area (Å²) in [5.41, 5.74) is 2.51. The highest BCUT2D eigenvalue weighted by molar-refractivity contribution is 8.16. The third-order valence-electron chi connectivity index (χ3n) is 6.46. The van der Waals surface area contributed by atoms with Crippen LogP contribution in [0.2, 0.25) is 5.02 Å². The van der Waals surface area contributed by atoms with Crippen molar-refractivity contribution >= 4 is 46.4 Å². The lowest BCUT2D eigenvalue weighted by atomic mass is 9.93. The van der Waals surface area contributed by atoms with E-state index < -0.39 is 12.0 Å². The molecule has 37 heavy (non-hydrogen) atoms. The largest absolute Gasteiger partial charge is 0.466 e. The maximum atomic E-state index is 13.4. The minimum Gasteiger partial charge on any atom is -0.466 e. The molecule has 1 aromatic rings. The molecule has 4 rings (SSSR count). The van der Waals surface area contributed by atoms with E-state index in [9.17, 15) is 14.4 Å². The molecule has 1 aromatic carbocycles. The van der Waals surface area contributed by atoms with Gasteiger partial charge in [0.2, 0.25) is 5.91 Å². The number of rotatable bonds is 8. The number of ether oxygens (including phenoxy) is 2. The number of thioether (sulfide) groups is 1. The van der Waals surface area contributed by atoms with Gasteiger partial charge in [-0.3, -0.25) is 9.59 Å². The third kappa shape index (κ3) is 5.93. The Bertz CT molecular complexity index is 1180. The van der Waals surface area contributed by atoms with Crippen molar-refractivity contribution in [2.24, 2.45) is 10.9 Å². The highest BCUT2D eigenvalue weighted by Gasteiger charge is 2.41. The second kappa shape index (κ2) is 12.0. The maximum absolute atomic E-state index is 13.4. The smallest absolute Gasteiger partial charge is 0.338 e. The van der Waals surface area contributed by atoms with Gasteiger partial charge < -0.3 is 19.3 Å². The van der Waals surface area contributed by atoms with E-state index in [4.69, 9.17) is 21.1 Å². The Hall–Kier alpha value is -3.04. The van der Waals surface area contributed by atoms with Crippen LogP contribution in [0.4, 0.5) is 0 Å². The first-order valence-corrected chi connectivity index (χ1v) is 13.5. The zero-order chi connectivity index (χ0) is 26.5. The Morgan fingerprint density at radius 2 is 2.00 bits per heavy atom. The Kier molecular flexibility index (Phi) is 8.76. The number of carbonyl (C=O) groups is 3. The van der Waals surface area contributed by atoms with E-state index in [-0.39, 0.29) is 30.8 Å². The number of likely N-dealkylation sites (tertiary alicyclic amines) is 1. The van der Waals surface area contributed by atoms with Gasteiger partial charge in [-0.1, -0.05) is 48.2 Å². The second-order valence-corrected chi connectivity index (χ2v) is 10.2. The van der Waals surface area contributed by atoms with Gasteiger partial charge in [0, 0.05) is 23.8 Å². The van der Waals surface area contributed by atoms with Gasteiger partial charge in [0.25, 0.3) is 0 Å². The molecule has 0 unspecified atom stereocenters. The van der Waals surface area contributed by atoms with E-state index in [1.165, 1.54) is 17.8 Å². The molecule has 10 heteroatoms. The van der Waals surface area contributed by atoms with Crippen LogP contribution in [-0.2, 0) is 23.9 Å². The average molecular weight is 544 g/mol. The minimum atomic E-state index is -0.537. The lowest BCUT2D eigenvalue weighted by molar-refractivity contribution is -0.151. The third-order valence-corrected chi connectivity index (χ3v) is 7.61. The van der Waals surface area contributed by atoms with Gasteiger partial charge in [-0.15, -0.1) is 0 Å². The van der Waals surface area contributed by atoms with Gasteiger partial charge in [0.05, 0.1) is 36.3 Å². The topological polar surface area (TPSA) is 88.5 Å². The predicted octanol–water partition coefficient (Wildman–Crippen LogP) is 4.84. The number of allylic oxidation sites excluding steroid dienone is 1. The number of amidine groups is 1. The number of hydrogen-bond acceptors (Lipinski definition) is 8. The fourth-order valence-corrected chi connectivity index (χ4v) is 5.82. The number of esters is 2. The minimum absolute atomic E-state index is 0.0754. The summed E-state index contributed by atoms with van der Waals surface area (Å²) in [5.74, 6) is -1.14. The molecule has 196 valence electrons. The Morgan fingerprint density at radius 1 is 1.24 bits per heavy atom. The quantitative estimate of drug-likeness (QED) is 0.342. The molecule has 3 aliphatic heterocycles. The molecule has 1 saturated heterocycles. The van der Waals surface area contributed by atoms with Crippen LogP contribution >= 0.6 is 23.4 Å². The average Bonchev–Trinajstić information content (AvgIpc) is 3.28. The fraction of sp³-hybridized carbons (Fsp3) is 0.407. The van der Waals surface area contributed by atoms with E-state index in [0.29, 0.717) is 47.6 Å². The Labute approximate surface area is 226 Å². The van der Waals surface area contributed by atoms with Crippen LogP contribution in [0.15, 0.2) is 64.3 Å². The van der Waals surface area contributed by atoms with Crippen molar-refractivity contribution in [2.45, 2.75) is 39.2 Å². The summed E-state index contributed by atoms with van der Waals surface area (Å²) < 4.78 is 10.6. The molecule has 1 amide bonds. The van der Waals surface area contributed by atoms with E-state index in [0.717, 1.165) is 17.7 Å². The first-order valence-electron chi connectivity index (χ1n) is 12.3. The molecule has 2 atom stereocenters. The van der Waals surface area contributed by atoms with Crippen LogP contribution in [-0.4, -0.2) is 59.1 Å². The monoisotopic (exact) mass is 543 g/mol. The van der Waals surface area contributed by atoms with Gasteiger partial charge in [-0.05, 0) is 49.8 Å². The van der Waals surface area contributed by atoms with Crippen molar-refractivity contribution in [1.29, 1.82) is 0 Å². The molecule has 0 aromatic heterocycles. The molecule has 0 saturated carbocycles. The van der Waals surface area contributed by atoms with Gasteiger partial charge >= 0.3 is 11.9 Å². The molecule has 0 N–H and O–H groups in total. The lowest BCUT2D eigenvalue weighted by Gasteiger charge is -2.37. The summed E-state index contributed by atoms with van der Waals surface area (Å²) in [6, 6.07) is 6.73. The summed E-state index contributed by atoms with van der Waals surface area (Å²) in [7, 11) is 0. The molecule has 1 fully saturated rings. The first-order chi connectivity index (χ1) is 17.8. The summed E-state index contributed by atoms with van der Waals surface area (Å²) in [4.78, 5) is 47.1. The molecular formula is C27H30ClN3O5S. The number of fused-ring (bicyclic) bond motifs is 1. The second-order valence-electron chi connectivity index (χ2n) is 8.94. The van der Waals surface area contributed by atoms with Crippen molar-refractivity contribution in [1.82, 2.24) is 9.80 Å². The van der Waals surface area contributed by atoms with Gasteiger partial charge in [0.1, 0.15) is 6.61 Å². The summed E-state index contributed by atoms with van der Waals surface area (Å²) in [5, 5.41) is 3.16. The first kappa shape index (κ1) is 27.0. The molecular weight excluding hydrogens is 514 g/mol. The van der Waals surface area contributed by atoms with E-state index >= 15 is 0 Å². The highest BCUT2D eigenvalue weighted by atomic mass is 35.5. The number of piperidine rings is 1. The van der Waals surface area contributed by atoms with E-state index in [1.807, 2.05) is 22.4 Å². The SMILES string of the molecule is C=CCOC(=O)C1=C(C)N=C2SC=C(CC(=O)N3CCC[C@@H](C(=O)OCC)C3)N2[C@@H]1c1ccc(Cl)cc1. The Balaban J connectivity index is 1.60. The highest BCUT2D eigenvalue weighted by Crippen LogP contribution is 2.45. The van der Waals surface area contributed by atoms with E-state index in [2.05, 4.69) is 11.6 Å². The number of amides is 1. The van der Waals surface area contributed by atoms with Crippen LogP contribution < -0.4 is 0 Å². The van der Waals surface area contributed by atoms with Crippen molar-refractivity contribution < 1.29 is 23.9 Å². The standard InChI is InChI=1S/C27H30ClN3O5S/c1-4-13-36-26(34)23-17(3)29-27-31(24(23)18-8-10-20(28)11-9-18)21(16-37-27)14-22(32)30-12-6-7-19(15-30)25(33)35-5-2/h4,8-11,16,19,24H,1,5-7,12-15H2,2-3H3/t19-,24-/m1/s1. The normalized spacial score (nSPS) is 21.2.